The molecule has 0 radical (unpaired) electrons. The van der Waals surface area contributed by atoms with Gasteiger partial charge in [0.2, 0.25) is 5.91 Å². The maximum absolute atomic E-state index is 11.4. The summed E-state index contributed by atoms with van der Waals surface area (Å²) in [6.07, 6.45) is 1.73. The second-order valence-electron chi connectivity index (χ2n) is 4.75. The summed E-state index contributed by atoms with van der Waals surface area (Å²) < 4.78 is 4.32. The largest absolute Gasteiger partial charge is 0.326 e. The van der Waals surface area contributed by atoms with Gasteiger partial charge < -0.3 is 4.57 Å². The zero-order chi connectivity index (χ0) is 14.4. The van der Waals surface area contributed by atoms with Gasteiger partial charge in [0.25, 0.3) is 0 Å². The number of aryl methyl sites for hydroxylation is 2. The molecule has 3 aromatic rings. The van der Waals surface area contributed by atoms with Crippen molar-refractivity contribution in [1.82, 2.24) is 19.3 Å². The first-order valence-corrected chi connectivity index (χ1v) is 6.96. The highest BCUT2D eigenvalue weighted by atomic mass is 79.9. The zero-order valence-electron chi connectivity index (χ0n) is 11.4. The third-order valence-corrected chi connectivity index (χ3v) is 3.77. The van der Waals surface area contributed by atoms with Crippen LogP contribution in [0.25, 0.3) is 22.6 Å². The highest BCUT2D eigenvalue weighted by Gasteiger charge is 2.16. The lowest BCUT2D eigenvalue weighted by Gasteiger charge is -2.00. The molecule has 2 aromatic heterocycles. The third kappa shape index (κ3) is 1.96. The van der Waals surface area contributed by atoms with E-state index < -0.39 is 0 Å². The monoisotopic (exact) mass is 332 g/mol. The molecule has 5 nitrogen and oxygen atoms in total. The summed E-state index contributed by atoms with van der Waals surface area (Å²) >= 11 is 3.45. The van der Waals surface area contributed by atoms with Crippen LogP contribution in [-0.2, 0) is 7.05 Å². The number of hydrogen-bond acceptors (Lipinski definition) is 3. The van der Waals surface area contributed by atoms with E-state index in [1.807, 2.05) is 36.7 Å². The molecule has 0 amide bonds. The van der Waals surface area contributed by atoms with E-state index >= 15 is 0 Å². The number of aromatic nitrogens is 4. The van der Waals surface area contributed by atoms with Crippen molar-refractivity contribution < 1.29 is 4.79 Å². The summed E-state index contributed by atoms with van der Waals surface area (Å²) in [5, 5.41) is 4.33. The quantitative estimate of drug-likeness (QED) is 0.687. The Bertz CT molecular complexity index is 831. The van der Waals surface area contributed by atoms with E-state index in [9.17, 15) is 4.79 Å². The van der Waals surface area contributed by atoms with Crippen molar-refractivity contribution in [3.8, 4) is 11.5 Å². The number of hydrogen-bond donors (Lipinski definition) is 0. The number of rotatable bonds is 1. The molecule has 0 spiro atoms. The Morgan fingerprint density at radius 2 is 2.10 bits per heavy atom. The molecule has 0 saturated carbocycles. The summed E-state index contributed by atoms with van der Waals surface area (Å²) in [5.74, 6) is 0.649. The topological polar surface area (TPSA) is 52.7 Å². The van der Waals surface area contributed by atoms with Gasteiger partial charge in [0, 0.05) is 24.6 Å². The normalized spacial score (nSPS) is 11.2. The standard InChI is InChI=1S/C14H13BrN4O/c1-8-7-19(9(2)20)17-13(8)14-16-11-6-10(15)4-5-12(11)18(14)3/h4-7H,1-3H3. The molecule has 0 unspecified atom stereocenters. The minimum atomic E-state index is -0.110. The van der Waals surface area contributed by atoms with Crippen LogP contribution in [0.15, 0.2) is 28.9 Å². The zero-order valence-corrected chi connectivity index (χ0v) is 13.0. The summed E-state index contributed by atoms with van der Waals surface area (Å²) in [4.78, 5) is 16.0. The van der Waals surface area contributed by atoms with E-state index in [0.29, 0.717) is 0 Å². The average molecular weight is 333 g/mol. The molecule has 0 atom stereocenters. The van der Waals surface area contributed by atoms with Gasteiger partial charge in [-0.15, -0.1) is 0 Å². The number of benzene rings is 1. The van der Waals surface area contributed by atoms with Gasteiger partial charge in [0.05, 0.1) is 11.0 Å². The number of imidazole rings is 1. The van der Waals surface area contributed by atoms with Crippen molar-refractivity contribution in [3.63, 3.8) is 0 Å². The highest BCUT2D eigenvalue weighted by molar-refractivity contribution is 9.10. The van der Waals surface area contributed by atoms with Gasteiger partial charge >= 0.3 is 0 Å². The molecule has 0 fully saturated rings. The van der Waals surface area contributed by atoms with E-state index in [0.717, 1.165) is 32.6 Å². The second kappa shape index (κ2) is 4.56. The smallest absolute Gasteiger partial charge is 0.243 e. The van der Waals surface area contributed by atoms with Gasteiger partial charge in [-0.2, -0.15) is 5.10 Å². The summed E-state index contributed by atoms with van der Waals surface area (Å²) in [5.41, 5.74) is 3.58. The molecular weight excluding hydrogens is 320 g/mol. The molecule has 0 N–H and O–H groups in total. The average Bonchev–Trinajstić information content (AvgIpc) is 2.91. The van der Waals surface area contributed by atoms with Crippen molar-refractivity contribution in [2.24, 2.45) is 7.05 Å². The summed E-state index contributed by atoms with van der Waals surface area (Å²) in [7, 11) is 1.95. The van der Waals surface area contributed by atoms with E-state index in [-0.39, 0.29) is 5.91 Å². The fraction of sp³-hybridized carbons (Fsp3) is 0.214. The maximum atomic E-state index is 11.4. The van der Waals surface area contributed by atoms with E-state index in [2.05, 4.69) is 26.0 Å². The number of carbonyl (C=O) groups is 1. The van der Waals surface area contributed by atoms with Crippen molar-refractivity contribution >= 4 is 32.9 Å². The van der Waals surface area contributed by atoms with Crippen LogP contribution in [0.5, 0.6) is 0 Å². The molecular formula is C14H13BrN4O. The minimum Gasteiger partial charge on any atom is -0.326 e. The predicted molar refractivity (Wildman–Crippen MR) is 80.7 cm³/mol. The van der Waals surface area contributed by atoms with E-state index in [1.54, 1.807) is 6.20 Å². The minimum absolute atomic E-state index is 0.110. The molecule has 0 aliphatic heterocycles. The van der Waals surface area contributed by atoms with Crippen LogP contribution in [0, 0.1) is 6.92 Å². The Morgan fingerprint density at radius 3 is 2.75 bits per heavy atom. The number of nitrogens with zero attached hydrogens (tertiary/aromatic N) is 4. The van der Waals surface area contributed by atoms with Gasteiger partial charge in [-0.3, -0.25) is 4.79 Å². The molecule has 3 rings (SSSR count). The van der Waals surface area contributed by atoms with Gasteiger partial charge in [0.1, 0.15) is 5.69 Å². The Kier molecular flexibility index (Phi) is 2.97. The lowest BCUT2D eigenvalue weighted by molar-refractivity contribution is 0.0921. The number of carbonyl (C=O) groups excluding carboxylic acids is 1. The van der Waals surface area contributed by atoms with Crippen LogP contribution < -0.4 is 0 Å². The van der Waals surface area contributed by atoms with Crippen LogP contribution in [0.2, 0.25) is 0 Å². The third-order valence-electron chi connectivity index (χ3n) is 3.27. The van der Waals surface area contributed by atoms with Crippen LogP contribution in [-0.4, -0.2) is 25.2 Å². The molecule has 2 heterocycles. The fourth-order valence-corrected chi connectivity index (χ4v) is 2.58. The van der Waals surface area contributed by atoms with Crippen LogP contribution in [0.4, 0.5) is 0 Å². The fourth-order valence-electron chi connectivity index (χ4n) is 2.23. The van der Waals surface area contributed by atoms with Gasteiger partial charge in [0.15, 0.2) is 5.82 Å². The van der Waals surface area contributed by atoms with Gasteiger partial charge in [-0.25, -0.2) is 9.67 Å². The summed E-state index contributed by atoms with van der Waals surface area (Å²) in [6.45, 7) is 3.42. The molecule has 0 aliphatic carbocycles. The molecule has 20 heavy (non-hydrogen) atoms. The van der Waals surface area contributed by atoms with Gasteiger partial charge in [-0.1, -0.05) is 15.9 Å². The molecule has 0 bridgehead atoms. The Labute approximate surface area is 124 Å². The lowest BCUT2D eigenvalue weighted by Crippen LogP contribution is -2.06. The Morgan fingerprint density at radius 1 is 1.35 bits per heavy atom. The molecule has 1 aromatic carbocycles. The van der Waals surface area contributed by atoms with Crippen LogP contribution >= 0.6 is 15.9 Å². The van der Waals surface area contributed by atoms with Crippen molar-refractivity contribution in [3.05, 3.63) is 34.4 Å². The first-order chi connectivity index (χ1) is 9.47. The van der Waals surface area contributed by atoms with E-state index in [1.165, 1.54) is 11.6 Å². The first-order valence-electron chi connectivity index (χ1n) is 6.17. The van der Waals surface area contributed by atoms with Gasteiger partial charge in [-0.05, 0) is 30.7 Å². The Hall–Kier alpha value is -1.95. The lowest BCUT2D eigenvalue weighted by atomic mass is 10.2. The molecule has 0 saturated heterocycles. The molecule has 102 valence electrons. The number of fused-ring (bicyclic) bond motifs is 1. The predicted octanol–water partition coefficient (Wildman–Crippen LogP) is 3.17. The van der Waals surface area contributed by atoms with Crippen LogP contribution in [0.1, 0.15) is 17.3 Å². The molecule has 0 aliphatic rings. The van der Waals surface area contributed by atoms with Crippen molar-refractivity contribution in [2.75, 3.05) is 0 Å². The van der Waals surface area contributed by atoms with Crippen LogP contribution in [0.3, 0.4) is 0 Å². The first kappa shape index (κ1) is 13.1. The second-order valence-corrected chi connectivity index (χ2v) is 5.67. The Balaban J connectivity index is 2.24. The molecule has 6 heteroatoms. The van der Waals surface area contributed by atoms with E-state index in [4.69, 9.17) is 0 Å². The summed E-state index contributed by atoms with van der Waals surface area (Å²) in [6, 6.07) is 5.96. The van der Waals surface area contributed by atoms with Crippen molar-refractivity contribution in [2.45, 2.75) is 13.8 Å². The number of halogens is 1. The SMILES string of the molecule is CC(=O)n1cc(C)c(-c2nc3cc(Br)ccc3n2C)n1. The van der Waals surface area contributed by atoms with Crippen molar-refractivity contribution in [1.29, 1.82) is 0 Å². The highest BCUT2D eigenvalue weighted by Crippen LogP contribution is 2.26. The maximum Gasteiger partial charge on any atom is 0.243 e.